The Morgan fingerprint density at radius 2 is 0.712 bits per heavy atom. The van der Waals surface area contributed by atoms with Gasteiger partial charge in [0, 0.05) is 27.8 Å². The van der Waals surface area contributed by atoms with Gasteiger partial charge in [-0.3, -0.25) is 0 Å². The Kier molecular flexibility index (Phi) is 8.89. The molecule has 0 saturated carbocycles. The largest absolute Gasteiger partial charge is 0.456 e. The van der Waals surface area contributed by atoms with E-state index < -0.39 is 0 Å². The van der Waals surface area contributed by atoms with Gasteiger partial charge in [0.15, 0.2) is 0 Å². The van der Waals surface area contributed by atoms with E-state index in [1.54, 1.807) is 0 Å². The van der Waals surface area contributed by atoms with Gasteiger partial charge in [0.25, 0.3) is 0 Å². The quantitative estimate of drug-likeness (QED) is 0.149. The minimum absolute atomic E-state index is 0.897. The number of hydrogen-bond acceptors (Lipinski definition) is 2. The summed E-state index contributed by atoms with van der Waals surface area (Å²) in [7, 11) is 0. The molecule has 0 N–H and O–H groups in total. The molecule has 0 saturated heterocycles. The van der Waals surface area contributed by atoms with Crippen LogP contribution in [0.4, 0.5) is 17.1 Å². The fraction of sp³-hybridized carbons (Fsp3) is 0. The molecule has 2 nitrogen and oxygen atoms in total. The molecular formula is C64H41NO. The van der Waals surface area contributed by atoms with Gasteiger partial charge in [-0.15, -0.1) is 0 Å². The lowest BCUT2D eigenvalue weighted by atomic mass is 9.95. The van der Waals surface area contributed by atoms with Crippen molar-refractivity contribution in [2.75, 3.05) is 4.90 Å². The van der Waals surface area contributed by atoms with Gasteiger partial charge in [-0.25, -0.2) is 0 Å². The molecule has 0 bridgehead atoms. The number of furan rings is 1. The third-order valence-corrected chi connectivity index (χ3v) is 13.4. The topological polar surface area (TPSA) is 16.4 Å². The van der Waals surface area contributed by atoms with E-state index in [1.807, 2.05) is 12.1 Å². The highest BCUT2D eigenvalue weighted by atomic mass is 16.3. The van der Waals surface area contributed by atoms with Crippen molar-refractivity contribution < 1.29 is 4.42 Å². The van der Waals surface area contributed by atoms with Crippen LogP contribution < -0.4 is 4.90 Å². The smallest absolute Gasteiger partial charge is 0.136 e. The maximum atomic E-state index is 6.28. The third kappa shape index (κ3) is 6.50. The van der Waals surface area contributed by atoms with Crippen LogP contribution in [0.3, 0.4) is 0 Å². The number of fused-ring (bicyclic) bond motifs is 9. The Morgan fingerprint density at radius 1 is 0.242 bits per heavy atom. The Morgan fingerprint density at radius 3 is 1.42 bits per heavy atom. The van der Waals surface area contributed by atoms with Crippen molar-refractivity contribution in [2.45, 2.75) is 0 Å². The average Bonchev–Trinajstić information content (AvgIpc) is 3.78. The molecule has 0 fully saturated rings. The zero-order valence-corrected chi connectivity index (χ0v) is 36.0. The summed E-state index contributed by atoms with van der Waals surface area (Å²) in [5.41, 5.74) is 14.4. The minimum atomic E-state index is 0.897. The number of para-hydroxylation sites is 1. The molecule has 0 unspecified atom stereocenters. The van der Waals surface area contributed by atoms with Crippen LogP contribution in [0.1, 0.15) is 0 Å². The standard InChI is InChI=1S/C64H41NO/c1-3-16-56-44(10-1)29-31-52-38-50(34-37-58(52)56)49-13-8-15-55(40-49)65(53-35-32-46(33-36-53)59-19-9-21-63-64(59)60-18-5-6-20-62(60)66-63)54-14-7-12-48(39-54)42-22-24-43(25-23-42)51-30-28-47-27-26-45-11-2-4-17-57(45)61(47)41-51/h1-41H. The molecule has 12 aromatic carbocycles. The summed E-state index contributed by atoms with van der Waals surface area (Å²) in [6, 6.07) is 90.4. The number of benzene rings is 12. The molecule has 13 aromatic rings. The zero-order chi connectivity index (χ0) is 43.6. The summed E-state index contributed by atoms with van der Waals surface area (Å²) in [4.78, 5) is 2.38. The second-order valence-corrected chi connectivity index (χ2v) is 17.3. The summed E-state index contributed by atoms with van der Waals surface area (Å²) < 4.78 is 6.28. The highest BCUT2D eigenvalue weighted by molar-refractivity contribution is 6.13. The van der Waals surface area contributed by atoms with Crippen molar-refractivity contribution in [2.24, 2.45) is 0 Å². The van der Waals surface area contributed by atoms with Gasteiger partial charge < -0.3 is 9.32 Å². The lowest BCUT2D eigenvalue weighted by Gasteiger charge is -2.27. The fourth-order valence-corrected chi connectivity index (χ4v) is 10.1. The molecule has 0 aliphatic rings. The van der Waals surface area contributed by atoms with E-state index >= 15 is 0 Å². The number of anilines is 3. The molecule has 66 heavy (non-hydrogen) atoms. The first-order chi connectivity index (χ1) is 32.7. The molecule has 0 atom stereocenters. The van der Waals surface area contributed by atoms with Crippen molar-refractivity contribution in [3.63, 3.8) is 0 Å². The maximum Gasteiger partial charge on any atom is 0.136 e. The van der Waals surface area contributed by atoms with Gasteiger partial charge in [0.05, 0.1) is 0 Å². The molecule has 0 amide bonds. The van der Waals surface area contributed by atoms with Crippen LogP contribution >= 0.6 is 0 Å². The molecule has 0 spiro atoms. The second-order valence-electron chi connectivity index (χ2n) is 17.3. The van der Waals surface area contributed by atoms with Crippen molar-refractivity contribution in [1.82, 2.24) is 0 Å². The fourth-order valence-electron chi connectivity index (χ4n) is 10.1. The Balaban J connectivity index is 0.896. The van der Waals surface area contributed by atoms with E-state index in [-0.39, 0.29) is 0 Å². The summed E-state index contributed by atoms with van der Waals surface area (Å²) in [5, 5.41) is 12.4. The van der Waals surface area contributed by atoms with Crippen molar-refractivity contribution >= 4 is 82.1 Å². The molecule has 0 aliphatic carbocycles. The summed E-state index contributed by atoms with van der Waals surface area (Å²) in [6.07, 6.45) is 0. The van der Waals surface area contributed by atoms with Crippen molar-refractivity contribution in [3.8, 4) is 44.5 Å². The third-order valence-electron chi connectivity index (χ3n) is 13.4. The number of rotatable bonds is 7. The normalized spacial score (nSPS) is 11.6. The first kappa shape index (κ1) is 37.8. The molecule has 2 heteroatoms. The average molecular weight is 840 g/mol. The Bertz CT molecular complexity index is 3990. The minimum Gasteiger partial charge on any atom is -0.456 e. The number of nitrogens with zero attached hydrogens (tertiary/aromatic N) is 1. The molecular weight excluding hydrogens is 799 g/mol. The van der Waals surface area contributed by atoms with Crippen LogP contribution in [0.25, 0.3) is 110 Å². The lowest BCUT2D eigenvalue weighted by Crippen LogP contribution is -2.10. The van der Waals surface area contributed by atoms with E-state index in [9.17, 15) is 0 Å². The molecule has 1 heterocycles. The summed E-state index contributed by atoms with van der Waals surface area (Å²) in [5.74, 6) is 0. The second kappa shape index (κ2) is 15.5. The highest BCUT2D eigenvalue weighted by Gasteiger charge is 2.17. The SMILES string of the molecule is c1cc(-c2ccc(-c3ccc4ccc5ccccc5c4c3)cc2)cc(N(c2ccc(-c3cccc4oc5ccccc5c34)cc2)c2cccc(-c3ccc4c(ccc5ccccc54)c3)c2)c1. The van der Waals surface area contributed by atoms with E-state index in [0.717, 1.165) is 61.3 Å². The van der Waals surface area contributed by atoms with E-state index in [1.165, 1.54) is 65.3 Å². The lowest BCUT2D eigenvalue weighted by molar-refractivity contribution is 0.669. The highest BCUT2D eigenvalue weighted by Crippen LogP contribution is 2.42. The van der Waals surface area contributed by atoms with Gasteiger partial charge in [-0.2, -0.15) is 0 Å². The van der Waals surface area contributed by atoms with E-state index in [2.05, 4.69) is 241 Å². The number of hydrogen-bond donors (Lipinski definition) is 0. The predicted octanol–water partition coefficient (Wildman–Crippen LogP) is 18.3. The molecule has 1 aromatic heterocycles. The van der Waals surface area contributed by atoms with Gasteiger partial charge in [-0.1, -0.05) is 188 Å². The molecule has 0 radical (unpaired) electrons. The zero-order valence-electron chi connectivity index (χ0n) is 36.0. The summed E-state index contributed by atoms with van der Waals surface area (Å²) in [6.45, 7) is 0. The van der Waals surface area contributed by atoms with Crippen molar-refractivity contribution in [1.29, 1.82) is 0 Å². The maximum absolute atomic E-state index is 6.28. The van der Waals surface area contributed by atoms with Gasteiger partial charge in [0.2, 0.25) is 0 Å². The van der Waals surface area contributed by atoms with Gasteiger partial charge in [0.1, 0.15) is 11.2 Å². The molecule has 13 rings (SSSR count). The van der Waals surface area contributed by atoms with Crippen LogP contribution in [-0.4, -0.2) is 0 Å². The van der Waals surface area contributed by atoms with Crippen LogP contribution in [-0.2, 0) is 0 Å². The predicted molar refractivity (Wildman–Crippen MR) is 280 cm³/mol. The van der Waals surface area contributed by atoms with Crippen LogP contribution in [0.5, 0.6) is 0 Å². The van der Waals surface area contributed by atoms with Gasteiger partial charge in [-0.05, 0) is 148 Å². The summed E-state index contributed by atoms with van der Waals surface area (Å²) >= 11 is 0. The van der Waals surface area contributed by atoms with Crippen LogP contribution in [0.2, 0.25) is 0 Å². The van der Waals surface area contributed by atoms with E-state index in [4.69, 9.17) is 4.42 Å². The molecule has 0 aliphatic heterocycles. The monoisotopic (exact) mass is 839 g/mol. The van der Waals surface area contributed by atoms with Gasteiger partial charge >= 0.3 is 0 Å². The Hall–Kier alpha value is -8.72. The van der Waals surface area contributed by atoms with Crippen LogP contribution in [0, 0.1) is 0 Å². The van der Waals surface area contributed by atoms with Crippen LogP contribution in [0.15, 0.2) is 253 Å². The van der Waals surface area contributed by atoms with E-state index in [0.29, 0.717) is 0 Å². The Labute approximate surface area is 382 Å². The van der Waals surface area contributed by atoms with Crippen molar-refractivity contribution in [3.05, 3.63) is 249 Å². The first-order valence-corrected chi connectivity index (χ1v) is 22.6. The first-order valence-electron chi connectivity index (χ1n) is 22.6. The molecule has 308 valence electrons.